The van der Waals surface area contributed by atoms with Crippen molar-refractivity contribution in [3.8, 4) is 0 Å². The Morgan fingerprint density at radius 3 is 2.60 bits per heavy atom. The SMILES string of the molecule is CC(=O)c1cccc(S(=O)(=O)NCc2ccc(C)s2)c1. The van der Waals surface area contributed by atoms with Crippen molar-refractivity contribution in [3.63, 3.8) is 0 Å². The van der Waals surface area contributed by atoms with E-state index in [1.54, 1.807) is 23.5 Å². The highest BCUT2D eigenvalue weighted by atomic mass is 32.2. The van der Waals surface area contributed by atoms with Crippen molar-refractivity contribution >= 4 is 27.1 Å². The van der Waals surface area contributed by atoms with Crippen LogP contribution in [0.25, 0.3) is 0 Å². The summed E-state index contributed by atoms with van der Waals surface area (Å²) >= 11 is 1.55. The summed E-state index contributed by atoms with van der Waals surface area (Å²) < 4.78 is 26.9. The lowest BCUT2D eigenvalue weighted by Crippen LogP contribution is -2.23. The van der Waals surface area contributed by atoms with Crippen LogP contribution in [0.3, 0.4) is 0 Å². The standard InChI is InChI=1S/C14H15NO3S2/c1-10-6-7-13(19-10)9-15-20(17,18)14-5-3-4-12(8-14)11(2)16/h3-8,15H,9H2,1-2H3. The number of thiophene rings is 1. The van der Waals surface area contributed by atoms with E-state index in [1.165, 1.54) is 19.1 Å². The third-order valence-corrected chi connectivity index (χ3v) is 5.18. The molecule has 0 fully saturated rings. The van der Waals surface area contributed by atoms with Gasteiger partial charge >= 0.3 is 0 Å². The zero-order chi connectivity index (χ0) is 14.8. The van der Waals surface area contributed by atoms with Crippen LogP contribution in [0.15, 0.2) is 41.3 Å². The fraction of sp³-hybridized carbons (Fsp3) is 0.214. The number of hydrogen-bond donors (Lipinski definition) is 1. The van der Waals surface area contributed by atoms with E-state index in [0.717, 1.165) is 9.75 Å². The maximum Gasteiger partial charge on any atom is 0.240 e. The van der Waals surface area contributed by atoms with Crippen molar-refractivity contribution in [2.24, 2.45) is 0 Å². The van der Waals surface area contributed by atoms with Gasteiger partial charge in [-0.2, -0.15) is 0 Å². The van der Waals surface area contributed by atoms with E-state index in [-0.39, 0.29) is 17.2 Å². The summed E-state index contributed by atoms with van der Waals surface area (Å²) in [5.74, 6) is -0.157. The molecule has 1 aromatic heterocycles. The Morgan fingerprint density at radius 1 is 1.25 bits per heavy atom. The minimum Gasteiger partial charge on any atom is -0.295 e. The molecule has 0 amide bonds. The lowest BCUT2D eigenvalue weighted by molar-refractivity contribution is 0.101. The van der Waals surface area contributed by atoms with Crippen molar-refractivity contribution in [2.75, 3.05) is 0 Å². The van der Waals surface area contributed by atoms with Crippen molar-refractivity contribution in [1.82, 2.24) is 4.72 Å². The quantitative estimate of drug-likeness (QED) is 0.864. The molecule has 0 aliphatic rings. The van der Waals surface area contributed by atoms with Crippen LogP contribution in [0.5, 0.6) is 0 Å². The Morgan fingerprint density at radius 2 is 2.00 bits per heavy atom. The summed E-state index contributed by atoms with van der Waals surface area (Å²) in [6.45, 7) is 3.64. The first kappa shape index (κ1) is 14.9. The second-order valence-corrected chi connectivity index (χ2v) is 7.56. The molecule has 0 saturated heterocycles. The van der Waals surface area contributed by atoms with Gasteiger partial charge in [0.05, 0.1) is 4.90 Å². The maximum atomic E-state index is 12.2. The van der Waals surface area contributed by atoms with Gasteiger partial charge < -0.3 is 0 Å². The van der Waals surface area contributed by atoms with Gasteiger partial charge in [-0.3, -0.25) is 4.79 Å². The van der Waals surface area contributed by atoms with E-state index in [2.05, 4.69) is 4.72 Å². The van der Waals surface area contributed by atoms with E-state index >= 15 is 0 Å². The Hall–Kier alpha value is -1.50. The molecule has 6 heteroatoms. The number of benzene rings is 1. The lowest BCUT2D eigenvalue weighted by atomic mass is 10.2. The fourth-order valence-corrected chi connectivity index (χ4v) is 3.69. The molecule has 106 valence electrons. The number of aryl methyl sites for hydroxylation is 1. The van der Waals surface area contributed by atoms with Crippen molar-refractivity contribution < 1.29 is 13.2 Å². The number of rotatable bonds is 5. The van der Waals surface area contributed by atoms with Gasteiger partial charge in [-0.1, -0.05) is 12.1 Å². The van der Waals surface area contributed by atoms with Crippen LogP contribution >= 0.6 is 11.3 Å². The van der Waals surface area contributed by atoms with Crippen LogP contribution in [0.4, 0.5) is 0 Å². The molecular formula is C14H15NO3S2. The molecule has 4 nitrogen and oxygen atoms in total. The van der Waals surface area contributed by atoms with Crippen molar-refractivity contribution in [1.29, 1.82) is 0 Å². The van der Waals surface area contributed by atoms with Gasteiger partial charge in [-0.15, -0.1) is 11.3 Å². The van der Waals surface area contributed by atoms with Crippen molar-refractivity contribution in [3.05, 3.63) is 51.7 Å². The Balaban J connectivity index is 2.17. The Kier molecular flexibility index (Phi) is 4.37. The third kappa shape index (κ3) is 3.53. The van der Waals surface area contributed by atoms with Gasteiger partial charge in [0.1, 0.15) is 0 Å². The third-order valence-electron chi connectivity index (χ3n) is 2.78. The summed E-state index contributed by atoms with van der Waals surface area (Å²) in [7, 11) is -3.60. The highest BCUT2D eigenvalue weighted by molar-refractivity contribution is 7.89. The number of hydrogen-bond acceptors (Lipinski definition) is 4. The molecule has 0 aliphatic heterocycles. The first-order valence-electron chi connectivity index (χ1n) is 6.04. The minimum absolute atomic E-state index is 0.110. The van der Waals surface area contributed by atoms with Crippen LogP contribution < -0.4 is 4.72 Å². The van der Waals surface area contributed by atoms with E-state index in [1.807, 2.05) is 19.1 Å². The molecule has 2 rings (SSSR count). The molecule has 2 aromatic rings. The molecule has 0 saturated carbocycles. The Labute approximate surface area is 122 Å². The van der Waals surface area contributed by atoms with Gasteiger partial charge in [-0.05, 0) is 38.1 Å². The highest BCUT2D eigenvalue weighted by Crippen LogP contribution is 2.17. The predicted molar refractivity (Wildman–Crippen MR) is 79.5 cm³/mol. The van der Waals surface area contributed by atoms with Crippen LogP contribution in [0, 0.1) is 6.92 Å². The second-order valence-electron chi connectivity index (χ2n) is 4.42. The van der Waals surface area contributed by atoms with Gasteiger partial charge in [0.25, 0.3) is 0 Å². The van der Waals surface area contributed by atoms with Gasteiger partial charge in [0.15, 0.2) is 5.78 Å². The largest absolute Gasteiger partial charge is 0.295 e. The van der Waals surface area contributed by atoms with Crippen LogP contribution in [-0.2, 0) is 16.6 Å². The smallest absolute Gasteiger partial charge is 0.240 e. The molecule has 1 N–H and O–H groups in total. The maximum absolute atomic E-state index is 12.2. The van der Waals surface area contributed by atoms with E-state index in [4.69, 9.17) is 0 Å². The molecule has 1 aromatic carbocycles. The van der Waals surface area contributed by atoms with Crippen LogP contribution in [0.2, 0.25) is 0 Å². The number of carbonyl (C=O) groups excluding carboxylic acids is 1. The lowest BCUT2D eigenvalue weighted by Gasteiger charge is -2.06. The van der Waals surface area contributed by atoms with Gasteiger partial charge in [0.2, 0.25) is 10.0 Å². The van der Waals surface area contributed by atoms with Gasteiger partial charge in [-0.25, -0.2) is 13.1 Å². The van der Waals surface area contributed by atoms with E-state index in [9.17, 15) is 13.2 Å². The highest BCUT2D eigenvalue weighted by Gasteiger charge is 2.15. The predicted octanol–water partition coefficient (Wildman–Crippen LogP) is 2.74. The van der Waals surface area contributed by atoms with E-state index < -0.39 is 10.0 Å². The number of Topliss-reactive ketones (excluding diaryl/α,β-unsaturated/α-hetero) is 1. The minimum atomic E-state index is -3.60. The molecule has 0 radical (unpaired) electrons. The van der Waals surface area contributed by atoms with Crippen molar-refractivity contribution in [2.45, 2.75) is 25.3 Å². The zero-order valence-electron chi connectivity index (χ0n) is 11.2. The number of ketones is 1. The summed E-state index contributed by atoms with van der Waals surface area (Å²) in [6.07, 6.45) is 0. The molecule has 0 bridgehead atoms. The number of sulfonamides is 1. The Bertz CT molecular complexity index is 732. The summed E-state index contributed by atoms with van der Waals surface area (Å²) in [5, 5.41) is 0. The number of nitrogens with one attached hydrogen (secondary N) is 1. The fourth-order valence-electron chi connectivity index (χ4n) is 1.71. The summed E-state index contributed by atoms with van der Waals surface area (Å²) in [5.41, 5.74) is 0.389. The average molecular weight is 309 g/mol. The van der Waals surface area contributed by atoms with Gasteiger partial charge in [0, 0.05) is 21.9 Å². The molecule has 0 atom stereocenters. The normalized spacial score (nSPS) is 11.5. The van der Waals surface area contributed by atoms with E-state index in [0.29, 0.717) is 5.56 Å². The zero-order valence-corrected chi connectivity index (χ0v) is 12.8. The molecule has 0 spiro atoms. The first-order valence-corrected chi connectivity index (χ1v) is 8.34. The first-order chi connectivity index (χ1) is 9.38. The summed E-state index contributed by atoms with van der Waals surface area (Å²) in [6, 6.07) is 9.89. The second kappa shape index (κ2) is 5.87. The topological polar surface area (TPSA) is 63.2 Å². The molecular weight excluding hydrogens is 294 g/mol. The molecule has 0 unspecified atom stereocenters. The monoisotopic (exact) mass is 309 g/mol. The van der Waals surface area contributed by atoms with Crippen LogP contribution in [0.1, 0.15) is 27.0 Å². The number of carbonyl (C=O) groups is 1. The molecule has 1 heterocycles. The van der Waals surface area contributed by atoms with Crippen LogP contribution in [-0.4, -0.2) is 14.2 Å². The molecule has 20 heavy (non-hydrogen) atoms. The molecule has 0 aliphatic carbocycles. The summed E-state index contributed by atoms with van der Waals surface area (Å²) in [4.78, 5) is 13.5. The average Bonchev–Trinajstić information content (AvgIpc) is 2.82.